The number of nitrogens with zero attached hydrogens (tertiary/aromatic N) is 1. The second-order valence-electron chi connectivity index (χ2n) is 6.98. The van der Waals surface area contributed by atoms with Gasteiger partial charge >= 0.3 is 5.90 Å². The van der Waals surface area contributed by atoms with Crippen molar-refractivity contribution in [1.29, 1.82) is 0 Å². The summed E-state index contributed by atoms with van der Waals surface area (Å²) in [4.78, 5) is -0.989. The van der Waals surface area contributed by atoms with Gasteiger partial charge in [-0.3, -0.25) is 0 Å². The largest absolute Gasteiger partial charge is 0.610 e. The van der Waals surface area contributed by atoms with E-state index in [4.69, 9.17) is 9.47 Å². The van der Waals surface area contributed by atoms with Crippen LogP contribution in [0, 0.1) is 10.4 Å². The Morgan fingerprint density at radius 1 is 0.906 bits per heavy atom. The number of rotatable bonds is 9. The lowest BCUT2D eigenvalue weighted by Crippen LogP contribution is -2.29. The number of methoxy groups -OCH3 is 1. The summed E-state index contributed by atoms with van der Waals surface area (Å²) < 4.78 is 37.2. The van der Waals surface area contributed by atoms with Crippen LogP contribution < -0.4 is 9.47 Å². The fraction of sp³-hybridized carbons (Fsp3) is 0.174. The van der Waals surface area contributed by atoms with E-state index in [1.807, 2.05) is 30.3 Å². The molecule has 1 atom stereocenters. The Balaban J connectivity index is 1.84. The zero-order valence-corrected chi connectivity index (χ0v) is 18.1. The molecule has 0 saturated carbocycles. The Morgan fingerprint density at radius 2 is 1.47 bits per heavy atom. The average molecular weight is 456 g/mol. The van der Waals surface area contributed by atoms with Crippen LogP contribution in [-0.4, -0.2) is 36.7 Å². The molecule has 1 unspecified atom stereocenters. The SMILES string of the molecule is COc1ccc(S(=O)(=O)C(CC(O)=[N+]([O-])[O-])Cc2ccc(Oc3ccccc3)cc2)cc1. The summed E-state index contributed by atoms with van der Waals surface area (Å²) in [5.41, 5.74) is 0.628. The fourth-order valence-corrected chi connectivity index (χ4v) is 4.79. The van der Waals surface area contributed by atoms with Crippen LogP contribution >= 0.6 is 0 Å². The third kappa shape index (κ3) is 5.70. The summed E-state index contributed by atoms with van der Waals surface area (Å²) in [6.07, 6.45) is -0.651. The smallest absolute Gasteiger partial charge is 0.358 e. The molecule has 0 bridgehead atoms. The quantitative estimate of drug-likeness (QED) is 0.221. The van der Waals surface area contributed by atoms with Gasteiger partial charge in [0.15, 0.2) is 9.84 Å². The zero-order chi connectivity index (χ0) is 23.1. The van der Waals surface area contributed by atoms with Crippen molar-refractivity contribution in [3.05, 3.63) is 94.8 Å². The molecule has 0 heterocycles. The summed E-state index contributed by atoms with van der Waals surface area (Å²) in [6, 6.07) is 21.7. The third-order valence-electron chi connectivity index (χ3n) is 4.81. The van der Waals surface area contributed by atoms with Gasteiger partial charge in [-0.2, -0.15) is 0 Å². The number of hydrogen-bond acceptors (Lipinski definition) is 6. The molecule has 0 aliphatic heterocycles. The van der Waals surface area contributed by atoms with E-state index < -0.39 is 32.3 Å². The second kappa shape index (κ2) is 10.1. The van der Waals surface area contributed by atoms with E-state index in [-0.39, 0.29) is 11.3 Å². The minimum atomic E-state index is -3.98. The fourth-order valence-electron chi connectivity index (χ4n) is 3.11. The lowest BCUT2D eigenvalue weighted by atomic mass is 10.1. The van der Waals surface area contributed by atoms with E-state index in [0.717, 1.165) is 0 Å². The molecule has 0 aromatic heterocycles. The maximum absolute atomic E-state index is 13.2. The molecule has 0 fully saturated rings. The van der Waals surface area contributed by atoms with Crippen molar-refractivity contribution in [3.63, 3.8) is 0 Å². The van der Waals surface area contributed by atoms with E-state index in [1.165, 1.54) is 31.4 Å². The van der Waals surface area contributed by atoms with Gasteiger partial charge in [0.2, 0.25) is 0 Å². The zero-order valence-electron chi connectivity index (χ0n) is 17.2. The van der Waals surface area contributed by atoms with Crippen LogP contribution in [-0.2, 0) is 16.3 Å². The summed E-state index contributed by atoms with van der Waals surface area (Å²) in [5.74, 6) is 0.602. The Bertz CT molecular complexity index is 1160. The first-order valence-corrected chi connectivity index (χ1v) is 11.2. The van der Waals surface area contributed by atoms with Gasteiger partial charge in [0.25, 0.3) is 0 Å². The maximum atomic E-state index is 13.2. The van der Waals surface area contributed by atoms with Gasteiger partial charge < -0.3 is 25.0 Å². The number of benzene rings is 3. The highest BCUT2D eigenvalue weighted by Crippen LogP contribution is 2.26. The van der Waals surface area contributed by atoms with E-state index >= 15 is 0 Å². The van der Waals surface area contributed by atoms with Crippen molar-refractivity contribution in [2.45, 2.75) is 23.0 Å². The molecule has 168 valence electrons. The first-order valence-electron chi connectivity index (χ1n) is 9.68. The Hall–Kier alpha value is -3.72. The van der Waals surface area contributed by atoms with Crippen LogP contribution in [0.5, 0.6) is 17.2 Å². The molecular weight excluding hydrogens is 434 g/mol. The maximum Gasteiger partial charge on any atom is 0.358 e. The lowest BCUT2D eigenvalue weighted by molar-refractivity contribution is -0.391. The van der Waals surface area contributed by atoms with Gasteiger partial charge in [0.05, 0.1) is 23.7 Å². The Labute approximate surface area is 186 Å². The highest BCUT2D eigenvalue weighted by Gasteiger charge is 2.31. The van der Waals surface area contributed by atoms with E-state index in [1.54, 1.807) is 24.3 Å². The minimum absolute atomic E-state index is 0.0107. The van der Waals surface area contributed by atoms with Crippen LogP contribution in [0.25, 0.3) is 0 Å². The van der Waals surface area contributed by atoms with Gasteiger partial charge in [0, 0.05) is 0 Å². The molecular formula is C23H22NO7S-. The number of ether oxygens (including phenoxy) is 2. The highest BCUT2D eigenvalue weighted by molar-refractivity contribution is 7.92. The van der Waals surface area contributed by atoms with Crippen molar-refractivity contribution in [1.82, 2.24) is 0 Å². The van der Waals surface area contributed by atoms with Gasteiger partial charge in [-0.15, -0.1) is 4.90 Å². The third-order valence-corrected chi connectivity index (χ3v) is 6.95. The predicted octanol–water partition coefficient (Wildman–Crippen LogP) is 4.23. The molecule has 0 radical (unpaired) electrons. The summed E-state index contributed by atoms with van der Waals surface area (Å²) in [7, 11) is -2.52. The van der Waals surface area contributed by atoms with Crippen LogP contribution in [0.1, 0.15) is 12.0 Å². The summed E-state index contributed by atoms with van der Waals surface area (Å²) >= 11 is 0. The molecule has 0 aliphatic rings. The number of para-hydroxylation sites is 1. The normalized spacial score (nSPS) is 12.0. The minimum Gasteiger partial charge on any atom is -0.610 e. The molecule has 32 heavy (non-hydrogen) atoms. The van der Waals surface area contributed by atoms with Gasteiger partial charge in [0.1, 0.15) is 17.2 Å². The Morgan fingerprint density at radius 3 is 2.03 bits per heavy atom. The highest BCUT2D eigenvalue weighted by atomic mass is 32.2. The van der Waals surface area contributed by atoms with Crippen molar-refractivity contribution in [2.24, 2.45) is 0 Å². The average Bonchev–Trinajstić information content (AvgIpc) is 2.80. The van der Waals surface area contributed by atoms with Gasteiger partial charge in [-0.05, 0) is 60.5 Å². The number of aliphatic hydroxyl groups is 1. The predicted molar refractivity (Wildman–Crippen MR) is 120 cm³/mol. The number of aliphatic hydroxyl groups excluding tert-OH is 1. The molecule has 0 aliphatic carbocycles. The van der Waals surface area contributed by atoms with Gasteiger partial charge in [-0.25, -0.2) is 8.42 Å². The summed E-state index contributed by atoms with van der Waals surface area (Å²) in [5, 5.41) is 30.3. The topological polar surface area (TPSA) is 122 Å². The molecule has 0 spiro atoms. The standard InChI is InChI=1S/C23H22NO7S/c1-30-18-11-13-21(14-12-18)32(28,29)22(16-23(25)24(26)27)15-17-7-9-20(10-8-17)31-19-5-3-2-4-6-19/h2-14,22H,15-16H2,1H3,(H-,25,26,27)/q-1. The number of sulfone groups is 1. The molecule has 9 heteroatoms. The summed E-state index contributed by atoms with van der Waals surface area (Å²) in [6.45, 7) is 0. The lowest BCUT2D eigenvalue weighted by Gasteiger charge is -2.18. The van der Waals surface area contributed by atoms with Crippen molar-refractivity contribution in [2.75, 3.05) is 7.11 Å². The molecule has 0 saturated heterocycles. The molecule has 8 nitrogen and oxygen atoms in total. The monoisotopic (exact) mass is 456 g/mol. The van der Waals surface area contributed by atoms with Crippen LogP contribution in [0.3, 0.4) is 0 Å². The van der Waals surface area contributed by atoms with E-state index in [9.17, 15) is 23.9 Å². The van der Waals surface area contributed by atoms with Gasteiger partial charge in [-0.1, -0.05) is 30.3 Å². The molecule has 3 aromatic rings. The first kappa shape index (κ1) is 23.0. The van der Waals surface area contributed by atoms with Crippen molar-refractivity contribution < 1.29 is 27.9 Å². The van der Waals surface area contributed by atoms with E-state index in [2.05, 4.69) is 0 Å². The molecule has 3 aromatic carbocycles. The van der Waals surface area contributed by atoms with Crippen LogP contribution in [0.4, 0.5) is 0 Å². The second-order valence-corrected chi connectivity index (χ2v) is 9.21. The van der Waals surface area contributed by atoms with Crippen LogP contribution in [0.2, 0.25) is 0 Å². The van der Waals surface area contributed by atoms with Crippen LogP contribution in [0.15, 0.2) is 83.8 Å². The number of hydrogen-bond donors (Lipinski definition) is 1. The van der Waals surface area contributed by atoms with Crippen molar-refractivity contribution in [3.8, 4) is 17.2 Å². The van der Waals surface area contributed by atoms with E-state index in [0.29, 0.717) is 22.8 Å². The molecule has 3 rings (SSSR count). The first-order chi connectivity index (χ1) is 15.3. The van der Waals surface area contributed by atoms with Crippen molar-refractivity contribution >= 4 is 15.7 Å². The Kier molecular flexibility index (Phi) is 7.21. The molecule has 1 N–H and O–H groups in total. The molecule has 0 amide bonds.